The van der Waals surface area contributed by atoms with Crippen molar-refractivity contribution in [2.45, 2.75) is 29.7 Å². The van der Waals surface area contributed by atoms with E-state index in [0.29, 0.717) is 0 Å². The van der Waals surface area contributed by atoms with Crippen LogP contribution in [0, 0.1) is 36.0 Å². The summed E-state index contributed by atoms with van der Waals surface area (Å²) in [7, 11) is -2.08. The van der Waals surface area contributed by atoms with Crippen molar-refractivity contribution in [3.05, 3.63) is 0 Å². The van der Waals surface area contributed by atoms with Gasteiger partial charge in [0, 0.05) is 0 Å². The second kappa shape index (κ2) is 277. The second-order valence-corrected chi connectivity index (χ2v) is 3.11. The summed E-state index contributed by atoms with van der Waals surface area (Å²) in [6.07, 6.45) is 0. The Morgan fingerprint density at radius 3 is 0.708 bits per heavy atom. The lowest BCUT2D eigenvalue weighted by Gasteiger charge is -1.66. The van der Waals surface area contributed by atoms with Gasteiger partial charge < -0.3 is 39.7 Å². The predicted molar refractivity (Wildman–Crippen MR) is 106 cm³/mol. The van der Waals surface area contributed by atoms with Crippen LogP contribution in [0.15, 0.2) is 0 Å². The van der Waals surface area contributed by atoms with Crippen molar-refractivity contribution < 1.29 is 39.7 Å². The van der Waals surface area contributed by atoms with Crippen molar-refractivity contribution in [1.29, 1.82) is 0 Å². The van der Waals surface area contributed by atoms with E-state index in [1.54, 1.807) is 0 Å². The Morgan fingerprint density at radius 1 is 0.625 bits per heavy atom. The fraction of sp³-hybridized carbons (Fsp3) is 0.400. The summed E-state index contributed by atoms with van der Waals surface area (Å²) < 4.78 is 4.44. The topological polar surface area (TPSA) is 189 Å². The van der Waals surface area contributed by atoms with Crippen molar-refractivity contribution in [2.24, 2.45) is 0 Å². The molecule has 0 saturated heterocycles. The van der Waals surface area contributed by atoms with E-state index in [1.165, 1.54) is 0 Å². The molecule has 8 nitrogen and oxygen atoms in total. The quantitative estimate of drug-likeness (QED) is 0.354. The molecule has 0 aromatic rings. The van der Waals surface area contributed by atoms with Gasteiger partial charge in [-0.15, -0.1) is 24.0 Å². The second-order valence-electron chi connectivity index (χ2n) is 0.832. The highest BCUT2D eigenvalue weighted by molar-refractivity contribution is 6.28. The lowest BCUT2D eigenvalue weighted by Crippen LogP contribution is -1.92. The molecular weight excluding hydrogens is 417 g/mol. The summed E-state index contributed by atoms with van der Waals surface area (Å²) in [5.41, 5.74) is 0. The Labute approximate surface area is 160 Å². The minimum Gasteiger partial charge on any atom is -0.870 e. The van der Waals surface area contributed by atoms with Crippen LogP contribution in [-0.4, -0.2) is 81.2 Å². The third-order valence-electron chi connectivity index (χ3n) is 0.118. The lowest BCUT2D eigenvalue weighted by atomic mass is 12.0. The van der Waals surface area contributed by atoms with Crippen LogP contribution in [0.1, 0.15) is 29.7 Å². The minimum absolute atomic E-state index is 0. The van der Waals surface area contributed by atoms with Crippen LogP contribution in [0.25, 0.3) is 0 Å². The fourth-order valence-corrected chi connectivity index (χ4v) is 0.306. The van der Waals surface area contributed by atoms with E-state index in [2.05, 4.69) is 28.1 Å². The summed E-state index contributed by atoms with van der Waals surface area (Å²) in [6, 6.07) is 27.2. The van der Waals surface area contributed by atoms with Crippen molar-refractivity contribution in [1.82, 2.24) is 0 Å². The van der Waals surface area contributed by atoms with Crippen molar-refractivity contribution in [3.63, 3.8) is 0 Å². The largest absolute Gasteiger partial charge is 0.870 e. The number of rotatable bonds is 0. The van der Waals surface area contributed by atoms with E-state index < -0.39 is 36.8 Å². The molecule has 0 fully saturated rings. The van der Waals surface area contributed by atoms with Gasteiger partial charge in [0.05, 0.1) is 0 Å². The monoisotopic (exact) mass is 445 g/mol. The molecule has 0 aliphatic heterocycles. The first-order valence-electron chi connectivity index (χ1n) is 3.00. The fourth-order valence-electron chi connectivity index (χ4n) is 0.0340. The van der Waals surface area contributed by atoms with Crippen LogP contribution in [0.2, 0.25) is 0 Å². The van der Waals surface area contributed by atoms with E-state index >= 15 is 0 Å². The Hall–Kier alpha value is -1.14. The summed E-state index contributed by atoms with van der Waals surface area (Å²) in [5, 5.41) is 0. The minimum atomic E-state index is -0.667. The molecule has 0 aliphatic carbocycles. The Kier molecular flexibility index (Phi) is 1070. The molecule has 24 heavy (non-hydrogen) atoms. The SMILES string of the molecule is C.C.C.C.C#[Si]O.C#[Si]O.C#[Si]O[Si]#C.C#[Si][O-].C#[Si][O-].O.O.[OH-]. The molecule has 0 aromatic heterocycles. The van der Waals surface area contributed by atoms with E-state index in [-0.39, 0.29) is 64.5 Å². The maximum atomic E-state index is 8.74. The molecule has 0 aliphatic rings. The molecule has 144 valence electrons. The molecule has 0 atom stereocenters. The maximum absolute atomic E-state index is 8.74. The molecular formula is C10H29O8Si6-3. The zero-order chi connectivity index (χ0) is 14.9. The molecule has 0 aromatic carbocycles. The van der Waals surface area contributed by atoms with Crippen LogP contribution in [0.5, 0.6) is 0 Å². The van der Waals surface area contributed by atoms with E-state index in [4.69, 9.17) is 31.2 Å². The van der Waals surface area contributed by atoms with Crippen LogP contribution < -0.4 is 9.59 Å². The molecule has 0 radical (unpaired) electrons. The first-order valence-corrected chi connectivity index (χ1v) is 8.99. The van der Waals surface area contributed by atoms with Crippen LogP contribution in [0.4, 0.5) is 0 Å². The highest BCUT2D eigenvalue weighted by atomic mass is 28.3. The highest BCUT2D eigenvalue weighted by Crippen LogP contribution is 1.32. The van der Waals surface area contributed by atoms with Crippen molar-refractivity contribution in [3.8, 4) is 36.0 Å². The van der Waals surface area contributed by atoms with Gasteiger partial charge >= 0.3 is 0 Å². The van der Waals surface area contributed by atoms with Gasteiger partial charge in [-0.2, -0.15) is 12.0 Å². The summed E-state index contributed by atoms with van der Waals surface area (Å²) in [5.74, 6) is 0. The van der Waals surface area contributed by atoms with Gasteiger partial charge in [0.1, 0.15) is 0 Å². The summed E-state index contributed by atoms with van der Waals surface area (Å²) >= 11 is 0. The summed E-state index contributed by atoms with van der Waals surface area (Å²) in [4.78, 5) is 32.2. The van der Waals surface area contributed by atoms with E-state index in [0.717, 1.165) is 0 Å². The zero-order valence-corrected chi connectivity index (χ0v) is 16.0. The molecule has 7 N–H and O–H groups in total. The van der Waals surface area contributed by atoms with Gasteiger partial charge in [0.2, 0.25) is 36.8 Å². The number of hydrogen-bond acceptors (Lipinski definition) is 6. The molecule has 0 bridgehead atoms. The van der Waals surface area contributed by atoms with Crippen LogP contribution in [0.3, 0.4) is 0 Å². The molecule has 0 rings (SSSR count). The lowest BCUT2D eigenvalue weighted by molar-refractivity contribution is -0.172. The standard InChI is InChI=1S/C2H2OSi2.2CH2OSi.2CHOSi.4CH4.3H2O/c1-4-3-5-2;4*1-3-2;;;;;;;/h1-2H;2*1-2H;2*1H;4*1H4;3*1H2/q;;;2*-1;;;;;;;/p-1. The number of hydrogen-bond donors (Lipinski definition) is 2. The van der Waals surface area contributed by atoms with Crippen molar-refractivity contribution >= 4 is 55.2 Å². The normalized spacial score (nSPS) is 1.92. The first-order chi connectivity index (χ1) is 8.07. The molecule has 14 heteroatoms. The molecule has 0 heterocycles. The van der Waals surface area contributed by atoms with Gasteiger partial charge in [-0.05, 0) is 0 Å². The van der Waals surface area contributed by atoms with Gasteiger partial charge in [-0.3, -0.25) is 0 Å². The average molecular weight is 446 g/mol. The van der Waals surface area contributed by atoms with E-state index in [1.807, 2.05) is 0 Å². The highest BCUT2D eigenvalue weighted by Gasteiger charge is 1.47. The van der Waals surface area contributed by atoms with Crippen LogP contribution >= 0.6 is 0 Å². The van der Waals surface area contributed by atoms with Crippen molar-refractivity contribution in [2.75, 3.05) is 0 Å². The predicted octanol–water partition coefficient (Wildman–Crippen LogP) is -4.38. The van der Waals surface area contributed by atoms with Gasteiger partial charge in [0.25, 0.3) is 0 Å². The molecule has 0 spiro atoms. The molecule has 0 saturated carbocycles. The average Bonchev–Trinajstić information content (AvgIpc) is 2.23. The zero-order valence-electron chi connectivity index (χ0n) is 10.0. The molecule has 0 unspecified atom stereocenters. The Morgan fingerprint density at radius 2 is 0.708 bits per heavy atom. The first kappa shape index (κ1) is 92.6. The van der Waals surface area contributed by atoms with Gasteiger partial charge in [0.15, 0.2) is 0 Å². The molecule has 0 amide bonds. The Balaban J connectivity index is -0.00000000710. The smallest absolute Gasteiger partial charge is 0.240 e. The summed E-state index contributed by atoms with van der Waals surface area (Å²) in [6.45, 7) is 0. The van der Waals surface area contributed by atoms with Gasteiger partial charge in [-0.25, -0.2) is 0 Å². The maximum Gasteiger partial charge on any atom is 0.240 e. The Bertz CT molecular complexity index is 306. The third-order valence-corrected chi connectivity index (χ3v) is 1.06. The van der Waals surface area contributed by atoms with E-state index in [9.17, 15) is 0 Å². The van der Waals surface area contributed by atoms with Gasteiger partial charge in [-0.1, -0.05) is 48.1 Å². The van der Waals surface area contributed by atoms with Crippen LogP contribution in [-0.2, 0) is 4.12 Å². The third kappa shape index (κ3) is 11100.